The fourth-order valence-electron chi connectivity index (χ4n) is 3.41. The monoisotopic (exact) mass is 346 g/mol. The summed E-state index contributed by atoms with van der Waals surface area (Å²) in [7, 11) is 1.50. The van der Waals surface area contributed by atoms with E-state index >= 15 is 0 Å². The highest BCUT2D eigenvalue weighted by Gasteiger charge is 2.35. The first-order valence-electron chi connectivity index (χ1n) is 7.89. The lowest BCUT2D eigenvalue weighted by atomic mass is 9.99. The predicted octanol–water partition coefficient (Wildman–Crippen LogP) is 1.43. The van der Waals surface area contributed by atoms with Gasteiger partial charge in [-0.3, -0.25) is 9.59 Å². The number of ether oxygens (including phenoxy) is 1. The Bertz CT molecular complexity index is 1240. The Morgan fingerprint density at radius 2 is 1.65 bits per heavy atom. The van der Waals surface area contributed by atoms with E-state index in [-0.39, 0.29) is 22.2 Å². The molecule has 2 aromatic carbocycles. The van der Waals surface area contributed by atoms with Crippen LogP contribution in [0.1, 0.15) is 11.6 Å². The summed E-state index contributed by atoms with van der Waals surface area (Å²) < 4.78 is 7.70. The number of fused-ring (bicyclic) bond motifs is 2. The number of aromatic nitrogens is 2. The van der Waals surface area contributed by atoms with Gasteiger partial charge >= 0.3 is 0 Å². The van der Waals surface area contributed by atoms with Crippen molar-refractivity contribution < 1.29 is 4.74 Å². The zero-order chi connectivity index (χ0) is 18.4. The van der Waals surface area contributed by atoms with Crippen molar-refractivity contribution in [3.63, 3.8) is 0 Å². The third-order valence-electron chi connectivity index (χ3n) is 4.58. The van der Waals surface area contributed by atoms with Crippen LogP contribution in [0.2, 0.25) is 0 Å². The van der Waals surface area contributed by atoms with Crippen molar-refractivity contribution >= 4 is 16.6 Å². The summed E-state index contributed by atoms with van der Waals surface area (Å²) in [6, 6.07) is 14.8. The number of benzene rings is 2. The van der Waals surface area contributed by atoms with Gasteiger partial charge in [0.05, 0.1) is 17.9 Å². The molecule has 26 heavy (non-hydrogen) atoms. The smallest absolute Gasteiger partial charge is 0.279 e. The molecule has 7 nitrogen and oxygen atoms in total. The second-order valence-corrected chi connectivity index (χ2v) is 5.87. The van der Waals surface area contributed by atoms with Crippen LogP contribution in [0, 0.1) is 11.3 Å². The minimum atomic E-state index is -0.832. The van der Waals surface area contributed by atoms with E-state index in [9.17, 15) is 14.9 Å². The molecule has 1 atom stereocenters. The van der Waals surface area contributed by atoms with Gasteiger partial charge in [0.25, 0.3) is 11.1 Å². The van der Waals surface area contributed by atoms with Gasteiger partial charge in [-0.1, -0.05) is 30.3 Å². The number of para-hydroxylation sites is 1. The van der Waals surface area contributed by atoms with Crippen molar-refractivity contribution in [3.8, 4) is 11.8 Å². The standard InChI is InChI=1S/C19H14N4O3/c1-26-15-9-5-4-8-13(15)16-14(10-20)17(21)23-19(25)12-7-3-2-6-11(12)18(24)22(16)23/h2-9,16H,21H2,1H3. The van der Waals surface area contributed by atoms with Crippen LogP contribution in [0.3, 0.4) is 0 Å². The Balaban J connectivity index is 2.17. The van der Waals surface area contributed by atoms with Gasteiger partial charge in [-0.15, -0.1) is 0 Å². The maximum atomic E-state index is 13.1. The lowest BCUT2D eigenvalue weighted by Gasteiger charge is -2.18. The number of nitrogens with zero attached hydrogens (tertiary/aromatic N) is 3. The molecule has 0 spiro atoms. The van der Waals surface area contributed by atoms with E-state index in [0.717, 1.165) is 4.68 Å². The van der Waals surface area contributed by atoms with Crippen LogP contribution >= 0.6 is 0 Å². The number of nitriles is 1. The normalized spacial score (nSPS) is 15.8. The molecular weight excluding hydrogens is 332 g/mol. The molecule has 0 bridgehead atoms. The molecule has 2 heterocycles. The minimum Gasteiger partial charge on any atom is -0.496 e. The van der Waals surface area contributed by atoms with E-state index in [0.29, 0.717) is 11.3 Å². The van der Waals surface area contributed by atoms with Crippen LogP contribution < -0.4 is 21.6 Å². The molecule has 0 saturated heterocycles. The Labute approximate surface area is 147 Å². The number of methoxy groups -OCH3 is 1. The first kappa shape index (κ1) is 15.7. The molecule has 1 aromatic heterocycles. The Morgan fingerprint density at radius 3 is 2.31 bits per heavy atom. The van der Waals surface area contributed by atoms with Crippen molar-refractivity contribution in [2.75, 3.05) is 7.11 Å². The molecule has 0 amide bonds. The molecule has 0 aliphatic carbocycles. The second kappa shape index (κ2) is 5.63. The average Bonchev–Trinajstić information content (AvgIpc) is 2.98. The molecular formula is C19H14N4O3. The molecule has 4 rings (SSSR count). The molecule has 1 aliphatic heterocycles. The molecule has 7 heteroatoms. The van der Waals surface area contributed by atoms with Crippen molar-refractivity contribution in [3.05, 3.63) is 80.4 Å². The van der Waals surface area contributed by atoms with Crippen LogP contribution in [-0.4, -0.2) is 16.5 Å². The highest BCUT2D eigenvalue weighted by Crippen LogP contribution is 2.36. The predicted molar refractivity (Wildman–Crippen MR) is 96.6 cm³/mol. The van der Waals surface area contributed by atoms with Gasteiger partial charge in [0.15, 0.2) is 0 Å². The highest BCUT2D eigenvalue weighted by atomic mass is 16.5. The zero-order valence-electron chi connectivity index (χ0n) is 13.8. The Kier molecular flexibility index (Phi) is 3.41. The quantitative estimate of drug-likeness (QED) is 0.756. The third kappa shape index (κ3) is 1.93. The molecule has 1 aliphatic rings. The summed E-state index contributed by atoms with van der Waals surface area (Å²) in [5.74, 6) is 0.454. The highest BCUT2D eigenvalue weighted by molar-refractivity contribution is 5.82. The van der Waals surface area contributed by atoms with Gasteiger partial charge in [0, 0.05) is 5.56 Å². The summed E-state index contributed by atoms with van der Waals surface area (Å²) in [6.45, 7) is 0. The number of rotatable bonds is 2. The van der Waals surface area contributed by atoms with Gasteiger partial charge in [0.2, 0.25) is 0 Å². The van der Waals surface area contributed by atoms with Gasteiger partial charge in [-0.25, -0.2) is 4.68 Å². The van der Waals surface area contributed by atoms with Gasteiger partial charge < -0.3 is 10.5 Å². The van der Waals surface area contributed by atoms with Crippen molar-refractivity contribution in [2.24, 2.45) is 5.73 Å². The fourth-order valence-corrected chi connectivity index (χ4v) is 3.41. The van der Waals surface area contributed by atoms with E-state index in [1.807, 2.05) is 6.07 Å². The van der Waals surface area contributed by atoms with Gasteiger partial charge in [-0.2, -0.15) is 9.94 Å². The largest absolute Gasteiger partial charge is 0.496 e. The topological polar surface area (TPSA) is 103 Å². The molecule has 1 unspecified atom stereocenters. The Hall–Kier alpha value is -3.79. The molecule has 128 valence electrons. The number of nitrogens with two attached hydrogens (primary N) is 1. The maximum absolute atomic E-state index is 13.1. The van der Waals surface area contributed by atoms with E-state index in [2.05, 4.69) is 0 Å². The zero-order valence-corrected chi connectivity index (χ0v) is 13.8. The van der Waals surface area contributed by atoms with Gasteiger partial charge in [0.1, 0.15) is 29.3 Å². The maximum Gasteiger partial charge on any atom is 0.279 e. The van der Waals surface area contributed by atoms with Crippen LogP contribution in [0.15, 0.2) is 63.7 Å². The summed E-state index contributed by atoms with van der Waals surface area (Å²) in [6.07, 6.45) is 0. The first-order chi connectivity index (χ1) is 12.6. The summed E-state index contributed by atoms with van der Waals surface area (Å²) in [4.78, 5) is 26.1. The number of hydrogen-bond acceptors (Lipinski definition) is 5. The summed E-state index contributed by atoms with van der Waals surface area (Å²) >= 11 is 0. The van der Waals surface area contributed by atoms with E-state index in [1.165, 1.54) is 11.8 Å². The van der Waals surface area contributed by atoms with Crippen molar-refractivity contribution in [1.82, 2.24) is 9.36 Å². The Morgan fingerprint density at radius 1 is 1.04 bits per heavy atom. The lowest BCUT2D eigenvalue weighted by molar-refractivity contribution is 0.401. The summed E-state index contributed by atoms with van der Waals surface area (Å²) in [5.41, 5.74) is 5.97. The SMILES string of the molecule is COc1ccccc1C1C(C#N)=C(N)n2c(=O)c3ccccc3c(=O)n21. The number of hydrogen-bond donors (Lipinski definition) is 1. The second-order valence-electron chi connectivity index (χ2n) is 5.87. The molecule has 3 aromatic rings. The molecule has 0 radical (unpaired) electrons. The van der Waals surface area contributed by atoms with Crippen LogP contribution in [0.25, 0.3) is 16.6 Å². The summed E-state index contributed by atoms with van der Waals surface area (Å²) in [5, 5.41) is 10.2. The fraction of sp³-hybridized carbons (Fsp3) is 0.105. The van der Waals surface area contributed by atoms with Crippen LogP contribution in [0.5, 0.6) is 5.75 Å². The number of allylic oxidation sites excluding steroid dienone is 1. The van der Waals surface area contributed by atoms with Crippen molar-refractivity contribution in [2.45, 2.75) is 6.04 Å². The molecule has 2 N–H and O–H groups in total. The lowest BCUT2D eigenvalue weighted by Crippen LogP contribution is -2.38. The van der Waals surface area contributed by atoms with Crippen LogP contribution in [0.4, 0.5) is 0 Å². The van der Waals surface area contributed by atoms with E-state index in [4.69, 9.17) is 10.5 Å². The molecule has 0 saturated carbocycles. The average molecular weight is 346 g/mol. The van der Waals surface area contributed by atoms with Gasteiger partial charge in [-0.05, 0) is 18.2 Å². The third-order valence-corrected chi connectivity index (χ3v) is 4.58. The van der Waals surface area contributed by atoms with Crippen LogP contribution in [-0.2, 0) is 0 Å². The first-order valence-corrected chi connectivity index (χ1v) is 7.89. The van der Waals surface area contributed by atoms with Crippen molar-refractivity contribution in [1.29, 1.82) is 5.26 Å². The van der Waals surface area contributed by atoms with E-state index in [1.54, 1.807) is 48.5 Å². The van der Waals surface area contributed by atoms with E-state index < -0.39 is 17.2 Å². The molecule has 0 fully saturated rings. The minimum absolute atomic E-state index is 0.0451.